The Morgan fingerprint density at radius 2 is 1.65 bits per heavy atom. The number of ketones is 1. The summed E-state index contributed by atoms with van der Waals surface area (Å²) in [6, 6.07) is 0. The van der Waals surface area contributed by atoms with Gasteiger partial charge in [0.25, 0.3) is 0 Å². The van der Waals surface area contributed by atoms with Crippen LogP contribution in [-0.2, 0) is 33.4 Å². The van der Waals surface area contributed by atoms with Crippen LogP contribution in [0.15, 0.2) is 11.6 Å². The third-order valence-electron chi connectivity index (χ3n) is 9.44. The van der Waals surface area contributed by atoms with Gasteiger partial charge < -0.3 is 34.6 Å². The third kappa shape index (κ3) is 3.40. The number of aliphatic hydroxyl groups excluding tert-OH is 1. The van der Waals surface area contributed by atoms with Crippen molar-refractivity contribution in [2.24, 2.45) is 29.1 Å². The molecule has 37 heavy (non-hydrogen) atoms. The molecule has 10 atom stereocenters. The molecule has 0 radical (unpaired) electrons. The lowest BCUT2D eigenvalue weighted by atomic mass is 9.58. The molecule has 0 amide bonds. The molecule has 3 saturated carbocycles. The number of hydrogen-bond donors (Lipinski definition) is 4. The molecule has 3 fully saturated rings. The van der Waals surface area contributed by atoms with Gasteiger partial charge in [0, 0.05) is 56.3 Å². The van der Waals surface area contributed by atoms with Crippen molar-refractivity contribution in [2.75, 3.05) is 6.61 Å². The quantitative estimate of drug-likeness (QED) is 0.283. The highest BCUT2D eigenvalue weighted by Crippen LogP contribution is 2.77. The van der Waals surface area contributed by atoms with E-state index < -0.39 is 100 Å². The molecular formula is C26H36O11. The average molecular weight is 525 g/mol. The van der Waals surface area contributed by atoms with Gasteiger partial charge in [0.2, 0.25) is 0 Å². The van der Waals surface area contributed by atoms with Gasteiger partial charge >= 0.3 is 17.9 Å². The number of hydrogen-bond acceptors (Lipinski definition) is 11. The molecule has 11 nitrogen and oxygen atoms in total. The van der Waals surface area contributed by atoms with Crippen molar-refractivity contribution >= 4 is 23.7 Å². The van der Waals surface area contributed by atoms with Crippen LogP contribution in [0.1, 0.15) is 54.9 Å². The van der Waals surface area contributed by atoms with Crippen molar-refractivity contribution in [1.29, 1.82) is 0 Å². The van der Waals surface area contributed by atoms with Gasteiger partial charge in [-0.3, -0.25) is 19.2 Å². The fraction of sp³-hybridized carbons (Fsp3) is 0.769. The van der Waals surface area contributed by atoms with Gasteiger partial charge in [0.05, 0.1) is 11.7 Å². The number of Topliss-reactive ketones (excluding diaryl/α,β-unsaturated/α-hetero) is 1. The first-order valence-corrected chi connectivity index (χ1v) is 12.4. The summed E-state index contributed by atoms with van der Waals surface area (Å²) < 4.78 is 16.6. The van der Waals surface area contributed by atoms with E-state index in [1.54, 1.807) is 13.8 Å². The maximum absolute atomic E-state index is 13.3. The molecule has 4 aliphatic rings. The predicted octanol–water partition coefficient (Wildman–Crippen LogP) is -0.192. The van der Waals surface area contributed by atoms with Crippen LogP contribution in [0.25, 0.3) is 0 Å². The molecule has 4 rings (SSSR count). The van der Waals surface area contributed by atoms with Crippen LogP contribution in [0.4, 0.5) is 0 Å². The molecule has 11 heteroatoms. The van der Waals surface area contributed by atoms with Crippen molar-refractivity contribution in [3.8, 4) is 0 Å². The van der Waals surface area contributed by atoms with E-state index in [1.807, 2.05) is 0 Å². The van der Waals surface area contributed by atoms with Gasteiger partial charge in [-0.15, -0.1) is 0 Å². The number of carbonyl (C=O) groups excluding carboxylic acids is 4. The summed E-state index contributed by atoms with van der Waals surface area (Å²) in [5.74, 6) is -7.46. The summed E-state index contributed by atoms with van der Waals surface area (Å²) in [5.41, 5.74) is -9.14. The molecule has 0 heterocycles. The van der Waals surface area contributed by atoms with Gasteiger partial charge in [0.1, 0.15) is 23.9 Å². The lowest BCUT2D eigenvalue weighted by Crippen LogP contribution is -2.68. The van der Waals surface area contributed by atoms with Crippen LogP contribution in [0, 0.1) is 29.1 Å². The van der Waals surface area contributed by atoms with Crippen molar-refractivity contribution < 1.29 is 53.8 Å². The molecule has 10 unspecified atom stereocenters. The zero-order valence-electron chi connectivity index (χ0n) is 22.1. The van der Waals surface area contributed by atoms with Crippen LogP contribution >= 0.6 is 0 Å². The van der Waals surface area contributed by atoms with Gasteiger partial charge in [-0.05, 0) is 12.5 Å². The number of fused-ring (bicyclic) bond motifs is 5. The second-order valence-electron chi connectivity index (χ2n) is 11.9. The first kappa shape index (κ1) is 27.7. The van der Waals surface area contributed by atoms with Gasteiger partial charge in [0.15, 0.2) is 11.4 Å². The standard InChI is InChI=1S/C26H36O11/c1-11-8-16-24(33,19(11)30)9-23(32,10-35-13(3)27)20(31)17-18-22(6,7)26(18,37-15(5)29)21(36-14(4)28)12(2)25(16,17)34/h8,12,16-18,20-21,31-34H,9-10H2,1-7H3. The highest BCUT2D eigenvalue weighted by atomic mass is 16.6. The lowest BCUT2D eigenvalue weighted by Gasteiger charge is -2.54. The predicted molar refractivity (Wildman–Crippen MR) is 124 cm³/mol. The molecule has 0 saturated heterocycles. The van der Waals surface area contributed by atoms with E-state index in [1.165, 1.54) is 33.8 Å². The molecule has 0 aliphatic heterocycles. The SMILES string of the molecule is CC(=O)OCC1(O)CC2(O)C(=O)C(C)=CC2C2(O)C(C)C(OC(C)=O)C3(OC(C)=O)C(C2C1O)C3(C)C. The fourth-order valence-electron chi connectivity index (χ4n) is 7.95. The van der Waals surface area contributed by atoms with Crippen molar-refractivity contribution in [3.05, 3.63) is 11.6 Å². The summed E-state index contributed by atoms with van der Waals surface area (Å²) in [7, 11) is 0. The Morgan fingerprint density at radius 1 is 1.05 bits per heavy atom. The summed E-state index contributed by atoms with van der Waals surface area (Å²) in [5, 5.41) is 47.9. The Kier molecular flexibility index (Phi) is 6.05. The molecule has 0 spiro atoms. The minimum absolute atomic E-state index is 0.147. The lowest BCUT2D eigenvalue weighted by molar-refractivity contribution is -0.247. The highest BCUT2D eigenvalue weighted by molar-refractivity contribution is 6.04. The molecule has 4 aliphatic carbocycles. The fourth-order valence-corrected chi connectivity index (χ4v) is 7.95. The highest BCUT2D eigenvalue weighted by Gasteiger charge is 2.90. The van der Waals surface area contributed by atoms with E-state index in [0.717, 1.165) is 6.92 Å². The Morgan fingerprint density at radius 3 is 2.16 bits per heavy atom. The maximum atomic E-state index is 13.3. The van der Waals surface area contributed by atoms with Gasteiger partial charge in [-0.1, -0.05) is 26.8 Å². The largest absolute Gasteiger partial charge is 0.463 e. The monoisotopic (exact) mass is 524 g/mol. The number of esters is 3. The zero-order chi connectivity index (χ0) is 28.1. The second-order valence-corrected chi connectivity index (χ2v) is 11.9. The maximum Gasteiger partial charge on any atom is 0.303 e. The summed E-state index contributed by atoms with van der Waals surface area (Å²) in [6.07, 6.45) is -2.36. The molecule has 0 aromatic rings. The van der Waals surface area contributed by atoms with Crippen LogP contribution in [0.5, 0.6) is 0 Å². The first-order chi connectivity index (χ1) is 16.8. The molecule has 4 N–H and O–H groups in total. The molecule has 206 valence electrons. The second kappa shape index (κ2) is 8.08. The Bertz CT molecular complexity index is 1100. The van der Waals surface area contributed by atoms with Crippen LogP contribution < -0.4 is 0 Å². The number of aliphatic hydroxyl groups is 4. The Hall–Kier alpha value is -2.34. The normalized spacial score (nSPS) is 47.4. The van der Waals surface area contributed by atoms with Crippen LogP contribution in [0.2, 0.25) is 0 Å². The summed E-state index contributed by atoms with van der Waals surface area (Å²) in [6.45, 7) is 9.17. The topological polar surface area (TPSA) is 177 Å². The van der Waals surface area contributed by atoms with E-state index in [9.17, 15) is 39.6 Å². The third-order valence-corrected chi connectivity index (χ3v) is 9.44. The van der Waals surface area contributed by atoms with E-state index in [4.69, 9.17) is 14.2 Å². The van der Waals surface area contributed by atoms with E-state index in [-0.39, 0.29) is 5.57 Å². The number of ether oxygens (including phenoxy) is 3. The van der Waals surface area contributed by atoms with E-state index >= 15 is 0 Å². The summed E-state index contributed by atoms with van der Waals surface area (Å²) >= 11 is 0. The molecule has 0 aromatic carbocycles. The molecule has 0 aromatic heterocycles. The minimum atomic E-state index is -2.36. The van der Waals surface area contributed by atoms with Crippen molar-refractivity contribution in [1.82, 2.24) is 0 Å². The van der Waals surface area contributed by atoms with E-state index in [2.05, 4.69) is 0 Å². The minimum Gasteiger partial charge on any atom is -0.463 e. The smallest absolute Gasteiger partial charge is 0.303 e. The zero-order valence-corrected chi connectivity index (χ0v) is 22.1. The molecular weight excluding hydrogens is 488 g/mol. The van der Waals surface area contributed by atoms with E-state index in [0.29, 0.717) is 0 Å². The Balaban J connectivity index is 2.00. The van der Waals surface area contributed by atoms with Crippen molar-refractivity contribution in [2.45, 2.75) is 89.5 Å². The van der Waals surface area contributed by atoms with Gasteiger partial charge in [-0.2, -0.15) is 0 Å². The summed E-state index contributed by atoms with van der Waals surface area (Å²) in [4.78, 5) is 49.4. The first-order valence-electron chi connectivity index (χ1n) is 12.4. The average Bonchev–Trinajstić information content (AvgIpc) is 3.16. The number of carbonyl (C=O) groups is 4. The van der Waals surface area contributed by atoms with Crippen LogP contribution in [-0.4, -0.2) is 85.3 Å². The van der Waals surface area contributed by atoms with Crippen LogP contribution in [0.3, 0.4) is 0 Å². The molecule has 0 bridgehead atoms. The van der Waals surface area contributed by atoms with Gasteiger partial charge in [-0.25, -0.2) is 0 Å². The Labute approximate surface area is 214 Å². The number of rotatable bonds is 4. The van der Waals surface area contributed by atoms with Crippen molar-refractivity contribution in [3.63, 3.8) is 0 Å².